The highest BCUT2D eigenvalue weighted by Gasteiger charge is 2.17. The van der Waals surface area contributed by atoms with Crippen LogP contribution in [0.2, 0.25) is 5.02 Å². The van der Waals surface area contributed by atoms with Gasteiger partial charge in [0.2, 0.25) is 5.91 Å². The van der Waals surface area contributed by atoms with Crippen molar-refractivity contribution in [2.75, 3.05) is 26.7 Å². The minimum Gasteiger partial charge on any atom is -0.356 e. The molecular formula is C19H29ClN4O. The summed E-state index contributed by atoms with van der Waals surface area (Å²) in [4.78, 5) is 16.1. The molecule has 1 aliphatic carbocycles. The number of nitrogens with one attached hydrogen (secondary N) is 3. The Morgan fingerprint density at radius 3 is 2.52 bits per heavy atom. The molecule has 0 saturated heterocycles. The van der Waals surface area contributed by atoms with Gasteiger partial charge in [-0.15, -0.1) is 0 Å². The number of rotatable bonds is 8. The Morgan fingerprint density at radius 1 is 1.12 bits per heavy atom. The summed E-state index contributed by atoms with van der Waals surface area (Å²) in [5, 5.41) is 10.2. The summed E-state index contributed by atoms with van der Waals surface area (Å²) < 4.78 is 0. The number of carbonyl (C=O) groups excluding carboxylic acids is 1. The van der Waals surface area contributed by atoms with E-state index in [1.807, 2.05) is 24.3 Å². The van der Waals surface area contributed by atoms with E-state index >= 15 is 0 Å². The van der Waals surface area contributed by atoms with E-state index in [-0.39, 0.29) is 5.91 Å². The highest BCUT2D eigenvalue weighted by Crippen LogP contribution is 2.27. The van der Waals surface area contributed by atoms with Crippen LogP contribution in [0.1, 0.15) is 37.7 Å². The van der Waals surface area contributed by atoms with Gasteiger partial charge in [0.25, 0.3) is 0 Å². The second-order valence-electron chi connectivity index (χ2n) is 6.47. The van der Waals surface area contributed by atoms with Gasteiger partial charge in [-0.3, -0.25) is 9.79 Å². The number of benzene rings is 1. The zero-order chi connectivity index (χ0) is 17.9. The molecule has 0 unspecified atom stereocenters. The first-order valence-corrected chi connectivity index (χ1v) is 9.51. The quantitative estimate of drug-likeness (QED) is 0.377. The highest BCUT2D eigenvalue weighted by molar-refractivity contribution is 6.31. The van der Waals surface area contributed by atoms with Gasteiger partial charge in [0, 0.05) is 38.1 Å². The molecule has 0 spiro atoms. The number of amides is 1. The van der Waals surface area contributed by atoms with Crippen LogP contribution in [0.3, 0.4) is 0 Å². The number of hydrogen-bond donors (Lipinski definition) is 3. The summed E-state index contributed by atoms with van der Waals surface area (Å²) in [5.41, 5.74) is 1.12. The van der Waals surface area contributed by atoms with Crippen LogP contribution in [0.4, 0.5) is 0 Å². The molecule has 0 aliphatic heterocycles. The van der Waals surface area contributed by atoms with E-state index < -0.39 is 0 Å². The Kier molecular flexibility index (Phi) is 8.60. The number of halogens is 1. The average molecular weight is 365 g/mol. The lowest BCUT2D eigenvalue weighted by molar-refractivity contribution is -0.121. The first-order chi connectivity index (χ1) is 12.2. The van der Waals surface area contributed by atoms with Crippen LogP contribution in [0.25, 0.3) is 0 Å². The normalized spacial score (nSPS) is 15.2. The Balaban J connectivity index is 1.57. The Hall–Kier alpha value is -1.75. The fourth-order valence-corrected chi connectivity index (χ4v) is 3.40. The fourth-order valence-electron chi connectivity index (χ4n) is 3.17. The molecule has 1 aromatic rings. The molecule has 3 N–H and O–H groups in total. The topological polar surface area (TPSA) is 65.5 Å². The second kappa shape index (κ2) is 11.0. The van der Waals surface area contributed by atoms with Gasteiger partial charge in [-0.1, -0.05) is 42.6 Å². The van der Waals surface area contributed by atoms with Gasteiger partial charge in [-0.25, -0.2) is 0 Å². The van der Waals surface area contributed by atoms with E-state index in [9.17, 15) is 4.79 Å². The molecule has 5 nitrogen and oxygen atoms in total. The first kappa shape index (κ1) is 19.6. The molecule has 1 saturated carbocycles. The third-order valence-electron chi connectivity index (χ3n) is 4.56. The van der Waals surface area contributed by atoms with E-state index in [0.717, 1.165) is 29.5 Å². The van der Waals surface area contributed by atoms with E-state index in [1.165, 1.54) is 25.7 Å². The molecule has 0 aromatic heterocycles. The predicted molar refractivity (Wildman–Crippen MR) is 104 cm³/mol. The van der Waals surface area contributed by atoms with E-state index in [1.54, 1.807) is 7.05 Å². The lowest BCUT2D eigenvalue weighted by Gasteiger charge is -2.13. The molecule has 25 heavy (non-hydrogen) atoms. The first-order valence-electron chi connectivity index (χ1n) is 9.13. The largest absolute Gasteiger partial charge is 0.356 e. The summed E-state index contributed by atoms with van der Waals surface area (Å²) >= 11 is 6.15. The standard InChI is InChI=1S/C19H29ClN4O/c1-21-19(23-11-10-16-8-4-5-9-17(16)20)24-13-12-22-18(25)14-15-6-2-3-7-15/h4-5,8-9,15H,2-3,6-7,10-14H2,1H3,(H,22,25)(H2,21,23,24). The third-order valence-corrected chi connectivity index (χ3v) is 4.93. The fraction of sp³-hybridized carbons (Fsp3) is 0.579. The molecule has 138 valence electrons. The lowest BCUT2D eigenvalue weighted by atomic mass is 10.0. The van der Waals surface area contributed by atoms with Crippen LogP contribution in [-0.4, -0.2) is 38.5 Å². The van der Waals surface area contributed by atoms with Crippen LogP contribution in [0.15, 0.2) is 29.3 Å². The number of aliphatic imine (C=N–C) groups is 1. The number of nitrogens with zero attached hydrogens (tertiary/aromatic N) is 1. The van der Waals surface area contributed by atoms with Crippen molar-refractivity contribution >= 4 is 23.5 Å². The van der Waals surface area contributed by atoms with Gasteiger partial charge >= 0.3 is 0 Å². The molecule has 1 amide bonds. The maximum absolute atomic E-state index is 11.9. The van der Waals surface area contributed by atoms with Crippen molar-refractivity contribution in [3.8, 4) is 0 Å². The molecule has 0 radical (unpaired) electrons. The van der Waals surface area contributed by atoms with Gasteiger partial charge in [0.15, 0.2) is 5.96 Å². The minimum atomic E-state index is 0.162. The molecule has 2 rings (SSSR count). The second-order valence-corrected chi connectivity index (χ2v) is 6.88. The van der Waals surface area contributed by atoms with Crippen LogP contribution >= 0.6 is 11.6 Å². The molecule has 1 aromatic carbocycles. The number of carbonyl (C=O) groups is 1. The Bertz CT molecular complexity index is 570. The number of guanidine groups is 1. The maximum atomic E-state index is 11.9. The van der Waals surface area contributed by atoms with Crippen LogP contribution < -0.4 is 16.0 Å². The summed E-state index contributed by atoms with van der Waals surface area (Å²) in [6, 6.07) is 7.85. The Labute approximate surface area is 155 Å². The summed E-state index contributed by atoms with van der Waals surface area (Å²) in [6.45, 7) is 2.01. The molecule has 1 fully saturated rings. The van der Waals surface area contributed by atoms with Crippen molar-refractivity contribution in [1.29, 1.82) is 0 Å². The van der Waals surface area contributed by atoms with Crippen molar-refractivity contribution in [2.45, 2.75) is 38.5 Å². The third kappa shape index (κ3) is 7.34. The van der Waals surface area contributed by atoms with E-state index in [0.29, 0.717) is 25.4 Å². The number of hydrogen-bond acceptors (Lipinski definition) is 2. The van der Waals surface area contributed by atoms with Crippen LogP contribution in [0.5, 0.6) is 0 Å². The highest BCUT2D eigenvalue weighted by atomic mass is 35.5. The monoisotopic (exact) mass is 364 g/mol. The lowest BCUT2D eigenvalue weighted by Crippen LogP contribution is -2.42. The van der Waals surface area contributed by atoms with Gasteiger partial charge in [0.1, 0.15) is 0 Å². The molecular weight excluding hydrogens is 336 g/mol. The average Bonchev–Trinajstić information content (AvgIpc) is 3.11. The zero-order valence-electron chi connectivity index (χ0n) is 15.0. The van der Waals surface area contributed by atoms with Gasteiger partial charge < -0.3 is 16.0 Å². The van der Waals surface area contributed by atoms with Gasteiger partial charge in [-0.2, -0.15) is 0 Å². The van der Waals surface area contributed by atoms with Crippen molar-refractivity contribution in [2.24, 2.45) is 10.9 Å². The van der Waals surface area contributed by atoms with Crippen molar-refractivity contribution < 1.29 is 4.79 Å². The van der Waals surface area contributed by atoms with Crippen molar-refractivity contribution in [3.63, 3.8) is 0 Å². The van der Waals surface area contributed by atoms with Crippen molar-refractivity contribution in [3.05, 3.63) is 34.9 Å². The van der Waals surface area contributed by atoms with Gasteiger partial charge in [-0.05, 0) is 36.8 Å². The molecule has 0 atom stereocenters. The van der Waals surface area contributed by atoms with Crippen molar-refractivity contribution in [1.82, 2.24) is 16.0 Å². The minimum absolute atomic E-state index is 0.162. The van der Waals surface area contributed by atoms with E-state index in [2.05, 4.69) is 20.9 Å². The zero-order valence-corrected chi connectivity index (χ0v) is 15.7. The summed E-state index contributed by atoms with van der Waals surface area (Å²) in [6.07, 6.45) is 6.45. The summed E-state index contributed by atoms with van der Waals surface area (Å²) in [5.74, 6) is 1.49. The maximum Gasteiger partial charge on any atom is 0.220 e. The van der Waals surface area contributed by atoms with Crippen LogP contribution in [0, 0.1) is 5.92 Å². The van der Waals surface area contributed by atoms with Crippen LogP contribution in [-0.2, 0) is 11.2 Å². The van der Waals surface area contributed by atoms with Gasteiger partial charge in [0.05, 0.1) is 0 Å². The van der Waals surface area contributed by atoms with E-state index in [4.69, 9.17) is 11.6 Å². The molecule has 0 heterocycles. The predicted octanol–water partition coefficient (Wildman–Crippen LogP) is 2.74. The summed E-state index contributed by atoms with van der Waals surface area (Å²) in [7, 11) is 1.74. The molecule has 0 bridgehead atoms. The smallest absolute Gasteiger partial charge is 0.220 e. The Morgan fingerprint density at radius 2 is 1.80 bits per heavy atom. The molecule has 6 heteroatoms. The SMILES string of the molecule is CN=C(NCCNC(=O)CC1CCCC1)NCCc1ccccc1Cl. The molecule has 1 aliphatic rings.